The molecule has 4 saturated heterocycles. The van der Waals surface area contributed by atoms with Crippen molar-refractivity contribution in [3.8, 4) is 5.75 Å². The van der Waals surface area contributed by atoms with E-state index in [4.69, 9.17) is 37.9 Å². The molecule has 14 N–H and O–H groups in total. The van der Waals surface area contributed by atoms with Crippen LogP contribution in [0.25, 0.3) is 10.9 Å². The summed E-state index contributed by atoms with van der Waals surface area (Å²) in [4.78, 5) is 2.99. The second-order valence-electron chi connectivity index (χ2n) is 13.4. The molecule has 54 heavy (non-hydrogen) atoms. The van der Waals surface area contributed by atoms with Gasteiger partial charge in [-0.25, -0.2) is 0 Å². The number of benzene rings is 1. The Labute approximate surface area is 305 Å². The Balaban J connectivity index is 1.09. The first kappa shape index (κ1) is 41.4. The van der Waals surface area contributed by atoms with Crippen molar-refractivity contribution in [3.05, 3.63) is 30.5 Å². The molecule has 4 aliphatic rings. The molecule has 0 bridgehead atoms. The molecule has 2 aromatic rings. The summed E-state index contributed by atoms with van der Waals surface area (Å²) in [5.41, 5.74) is 0.722. The first-order valence-corrected chi connectivity index (χ1v) is 17.2. The van der Waals surface area contributed by atoms with Crippen molar-refractivity contribution in [3.63, 3.8) is 0 Å². The van der Waals surface area contributed by atoms with Crippen molar-refractivity contribution >= 4 is 10.9 Å². The number of hydrogen-bond acceptors (Lipinski definition) is 21. The van der Waals surface area contributed by atoms with Crippen molar-refractivity contribution in [1.82, 2.24) is 4.98 Å². The van der Waals surface area contributed by atoms with Crippen LogP contribution in [0.2, 0.25) is 0 Å². The molecule has 0 aliphatic carbocycles. The van der Waals surface area contributed by atoms with E-state index in [0.717, 1.165) is 5.52 Å². The van der Waals surface area contributed by atoms with Gasteiger partial charge in [0.05, 0.1) is 26.4 Å². The standard InChI is InChI=1S/C32H47NO21/c34-6-13-17(38)18(39)22(43)30(48-13)52-27-15(8-36)50-32(24(45)20(27)41)54-28-16(9-37)51-31(25(46)21(28)42)53-26-14(7-35)49-29(23(44)19(26)40)47-12-5-33-11-4-2-1-3-10(11)12/h1-5,13-46H,6-9H2/t13?,14?,15?,16?,17-,18+,19-,20-,21-,22?,23?,24?,25?,26-,27-,28-,29-,30+,31+,32+/m1/s1. The van der Waals surface area contributed by atoms with Gasteiger partial charge in [-0.2, -0.15) is 0 Å². The van der Waals surface area contributed by atoms with Crippen molar-refractivity contribution in [2.75, 3.05) is 26.4 Å². The van der Waals surface area contributed by atoms with E-state index in [2.05, 4.69) is 4.98 Å². The maximum atomic E-state index is 11.1. The minimum absolute atomic E-state index is 0.283. The Bertz CT molecular complexity index is 1480. The maximum absolute atomic E-state index is 11.1. The minimum Gasteiger partial charge on any atom is -0.460 e. The van der Waals surface area contributed by atoms with Crippen LogP contribution >= 0.6 is 0 Å². The third-order valence-electron chi connectivity index (χ3n) is 9.98. The zero-order chi connectivity index (χ0) is 39.0. The average Bonchev–Trinajstić information content (AvgIpc) is 3.59. The molecule has 4 aliphatic heterocycles. The molecule has 4 fully saturated rings. The van der Waals surface area contributed by atoms with Crippen LogP contribution < -0.4 is 4.74 Å². The minimum atomic E-state index is -2.03. The summed E-state index contributed by atoms with van der Waals surface area (Å²) in [5.74, 6) is 0.283. The van der Waals surface area contributed by atoms with Gasteiger partial charge in [-0.1, -0.05) is 12.1 Å². The Morgan fingerprint density at radius 2 is 0.852 bits per heavy atom. The van der Waals surface area contributed by atoms with E-state index in [-0.39, 0.29) is 5.75 Å². The Morgan fingerprint density at radius 3 is 1.31 bits per heavy atom. The molecule has 5 heterocycles. The topological polar surface area (TPSA) is 353 Å². The predicted molar refractivity (Wildman–Crippen MR) is 171 cm³/mol. The van der Waals surface area contributed by atoms with Crippen molar-refractivity contribution < 1.29 is 104 Å². The van der Waals surface area contributed by atoms with Gasteiger partial charge in [-0.05, 0) is 12.1 Å². The van der Waals surface area contributed by atoms with Gasteiger partial charge in [0.1, 0.15) is 103 Å². The number of aromatic amines is 1. The summed E-state index contributed by atoms with van der Waals surface area (Å²) in [6.45, 7) is -3.35. The van der Waals surface area contributed by atoms with Crippen LogP contribution in [0.3, 0.4) is 0 Å². The lowest BCUT2D eigenvalue weighted by atomic mass is 9.95. The second kappa shape index (κ2) is 17.5. The average molecular weight is 782 g/mol. The zero-order valence-corrected chi connectivity index (χ0v) is 28.3. The van der Waals surface area contributed by atoms with E-state index in [1.165, 1.54) is 6.20 Å². The number of aliphatic hydroxyl groups is 13. The van der Waals surface area contributed by atoms with E-state index in [1.807, 2.05) is 0 Å². The normalized spacial score (nSPS) is 46.1. The molecule has 8 unspecified atom stereocenters. The summed E-state index contributed by atoms with van der Waals surface area (Å²) >= 11 is 0. The highest BCUT2D eigenvalue weighted by atomic mass is 16.8. The number of aromatic nitrogens is 1. The molecule has 22 heteroatoms. The third-order valence-corrected chi connectivity index (χ3v) is 9.98. The highest BCUT2D eigenvalue weighted by molar-refractivity contribution is 5.85. The fourth-order valence-electron chi connectivity index (χ4n) is 6.90. The first-order valence-electron chi connectivity index (χ1n) is 17.2. The van der Waals surface area contributed by atoms with Crippen LogP contribution in [0.15, 0.2) is 30.5 Å². The van der Waals surface area contributed by atoms with E-state index < -0.39 is 149 Å². The molecular formula is C32H47NO21. The predicted octanol–water partition coefficient (Wildman–Crippen LogP) is -7.18. The molecule has 20 atom stereocenters. The number of hydrogen-bond donors (Lipinski definition) is 14. The lowest BCUT2D eigenvalue weighted by Gasteiger charge is -2.49. The van der Waals surface area contributed by atoms with Gasteiger partial charge in [0, 0.05) is 17.1 Å². The maximum Gasteiger partial charge on any atom is 0.229 e. The van der Waals surface area contributed by atoms with E-state index in [0.29, 0.717) is 5.39 Å². The van der Waals surface area contributed by atoms with Gasteiger partial charge in [0.2, 0.25) is 6.29 Å². The Kier molecular flexibility index (Phi) is 13.4. The smallest absolute Gasteiger partial charge is 0.229 e. The molecule has 0 spiro atoms. The summed E-state index contributed by atoms with van der Waals surface area (Å²) in [5, 5.41) is 137. The number of rotatable bonds is 12. The fourth-order valence-corrected chi connectivity index (χ4v) is 6.90. The summed E-state index contributed by atoms with van der Waals surface area (Å²) < 4.78 is 44.9. The van der Waals surface area contributed by atoms with E-state index in [1.54, 1.807) is 24.3 Å². The van der Waals surface area contributed by atoms with Crippen LogP contribution in [-0.2, 0) is 33.2 Å². The van der Waals surface area contributed by atoms with Crippen molar-refractivity contribution in [1.29, 1.82) is 0 Å². The number of para-hydroxylation sites is 1. The summed E-state index contributed by atoms with van der Waals surface area (Å²) in [6.07, 6.45) is -33.2. The number of ether oxygens (including phenoxy) is 8. The lowest BCUT2D eigenvalue weighted by Crippen LogP contribution is -2.67. The van der Waals surface area contributed by atoms with Crippen LogP contribution in [0.1, 0.15) is 0 Å². The van der Waals surface area contributed by atoms with Gasteiger partial charge in [-0.15, -0.1) is 0 Å². The van der Waals surface area contributed by atoms with Gasteiger partial charge in [0.15, 0.2) is 18.9 Å². The molecule has 1 aromatic carbocycles. The van der Waals surface area contributed by atoms with E-state index in [9.17, 15) is 66.4 Å². The Hall–Kier alpha value is -2.24. The van der Waals surface area contributed by atoms with Gasteiger partial charge in [0.25, 0.3) is 0 Å². The highest BCUT2D eigenvalue weighted by Gasteiger charge is 2.55. The SMILES string of the molecule is OCC1O[C@@H](O[C@@H]2C(CO)O[C@@H](O[C@@H]3C(CO)O[C@@H](O[C@@H]4C(CO)O[C@@H](Oc5c[nH]c6ccccc56)C(O)[C@H]4O)C(O)[C@H]3O)C(O)[C@H]2O)C(O)[C@@H](O)[C@@H]1O. The van der Waals surface area contributed by atoms with Crippen LogP contribution in [0.4, 0.5) is 0 Å². The fraction of sp³-hybridized carbons (Fsp3) is 0.750. The van der Waals surface area contributed by atoms with Crippen molar-refractivity contribution in [2.24, 2.45) is 0 Å². The van der Waals surface area contributed by atoms with Crippen LogP contribution in [-0.4, -0.2) is 221 Å². The highest BCUT2D eigenvalue weighted by Crippen LogP contribution is 2.35. The number of fused-ring (bicyclic) bond motifs is 1. The van der Waals surface area contributed by atoms with Crippen LogP contribution in [0, 0.1) is 0 Å². The first-order chi connectivity index (χ1) is 25.8. The van der Waals surface area contributed by atoms with Crippen LogP contribution in [0.5, 0.6) is 5.75 Å². The van der Waals surface area contributed by atoms with Gasteiger partial charge in [-0.3, -0.25) is 0 Å². The molecule has 306 valence electrons. The molecule has 6 rings (SSSR count). The van der Waals surface area contributed by atoms with E-state index >= 15 is 0 Å². The van der Waals surface area contributed by atoms with Gasteiger partial charge < -0.3 is 109 Å². The second-order valence-corrected chi connectivity index (χ2v) is 13.4. The molecule has 0 amide bonds. The number of H-pyrrole nitrogens is 1. The molecular weight excluding hydrogens is 734 g/mol. The third kappa shape index (κ3) is 7.98. The molecule has 0 radical (unpaired) electrons. The Morgan fingerprint density at radius 1 is 0.463 bits per heavy atom. The number of nitrogens with one attached hydrogen (secondary N) is 1. The van der Waals surface area contributed by atoms with Crippen molar-refractivity contribution in [2.45, 2.75) is 123 Å². The summed E-state index contributed by atoms with van der Waals surface area (Å²) in [7, 11) is 0. The molecule has 0 saturated carbocycles. The largest absolute Gasteiger partial charge is 0.460 e. The monoisotopic (exact) mass is 781 g/mol. The molecule has 1 aromatic heterocycles. The zero-order valence-electron chi connectivity index (χ0n) is 28.3. The quantitative estimate of drug-likeness (QED) is 0.0951. The lowest BCUT2D eigenvalue weighted by molar-refractivity contribution is -0.387. The molecule has 22 nitrogen and oxygen atoms in total. The van der Waals surface area contributed by atoms with Gasteiger partial charge >= 0.3 is 0 Å². The number of aliphatic hydroxyl groups excluding tert-OH is 13. The summed E-state index contributed by atoms with van der Waals surface area (Å²) in [6, 6.07) is 7.09.